The highest BCUT2D eigenvalue weighted by atomic mass is 19.2. The Kier molecular flexibility index (Phi) is 3.36. The van der Waals surface area contributed by atoms with Crippen LogP contribution in [0.15, 0.2) is 12.1 Å². The maximum absolute atomic E-state index is 13.2. The third-order valence-electron chi connectivity index (χ3n) is 1.91. The van der Waals surface area contributed by atoms with E-state index in [2.05, 4.69) is 0 Å². The molecule has 0 heterocycles. The van der Waals surface area contributed by atoms with Crippen molar-refractivity contribution in [1.29, 1.82) is 0 Å². The van der Waals surface area contributed by atoms with Crippen LogP contribution in [0.4, 0.5) is 8.78 Å². The molecule has 1 unspecified atom stereocenters. The summed E-state index contributed by atoms with van der Waals surface area (Å²) in [5.41, 5.74) is -0.741. The van der Waals surface area contributed by atoms with Crippen molar-refractivity contribution in [2.45, 2.75) is 19.4 Å². The van der Waals surface area contributed by atoms with E-state index >= 15 is 0 Å². The van der Waals surface area contributed by atoms with E-state index in [-0.39, 0.29) is 12.0 Å². The van der Waals surface area contributed by atoms with Gasteiger partial charge in [-0.05, 0) is 18.6 Å². The Bertz CT molecular complexity index is 388. The number of carbonyl (C=O) groups is 1. The average Bonchev–Trinajstić information content (AvgIpc) is 2.12. The largest absolute Gasteiger partial charge is 0.478 e. The smallest absolute Gasteiger partial charge is 0.338 e. The second kappa shape index (κ2) is 4.35. The summed E-state index contributed by atoms with van der Waals surface area (Å²) in [7, 11) is 0. The number of hydrogen-bond donors (Lipinski definition) is 2. The SMILES string of the molecule is CC(O)Cc1ccc(C(=O)O)c(F)c1F. The zero-order chi connectivity index (χ0) is 11.6. The highest BCUT2D eigenvalue weighted by Crippen LogP contribution is 2.17. The van der Waals surface area contributed by atoms with Gasteiger partial charge >= 0.3 is 5.97 Å². The van der Waals surface area contributed by atoms with Crippen molar-refractivity contribution in [2.75, 3.05) is 0 Å². The molecule has 0 aliphatic rings. The first kappa shape index (κ1) is 11.6. The molecule has 0 aliphatic heterocycles. The molecule has 1 atom stereocenters. The van der Waals surface area contributed by atoms with Crippen molar-refractivity contribution in [2.24, 2.45) is 0 Å². The number of aliphatic hydroxyl groups excluding tert-OH is 1. The molecule has 0 saturated heterocycles. The summed E-state index contributed by atoms with van der Waals surface area (Å²) in [6.45, 7) is 1.43. The number of rotatable bonds is 3. The molecule has 82 valence electrons. The van der Waals surface area contributed by atoms with E-state index in [1.165, 1.54) is 6.92 Å². The van der Waals surface area contributed by atoms with Gasteiger partial charge in [0.25, 0.3) is 0 Å². The molecule has 15 heavy (non-hydrogen) atoms. The van der Waals surface area contributed by atoms with Crippen molar-refractivity contribution in [1.82, 2.24) is 0 Å². The molecule has 0 saturated carbocycles. The van der Waals surface area contributed by atoms with E-state index in [0.29, 0.717) is 0 Å². The topological polar surface area (TPSA) is 57.5 Å². The van der Waals surface area contributed by atoms with Gasteiger partial charge in [-0.25, -0.2) is 13.6 Å². The average molecular weight is 216 g/mol. The van der Waals surface area contributed by atoms with Gasteiger partial charge in [-0.1, -0.05) is 6.07 Å². The van der Waals surface area contributed by atoms with Gasteiger partial charge in [0.2, 0.25) is 0 Å². The van der Waals surface area contributed by atoms with Crippen LogP contribution in [0.25, 0.3) is 0 Å². The second-order valence-corrected chi connectivity index (χ2v) is 3.26. The molecule has 5 heteroatoms. The monoisotopic (exact) mass is 216 g/mol. The fourth-order valence-corrected chi connectivity index (χ4v) is 1.23. The summed E-state index contributed by atoms with van der Waals surface area (Å²) in [5, 5.41) is 17.5. The van der Waals surface area contributed by atoms with Gasteiger partial charge in [0.05, 0.1) is 11.7 Å². The minimum absolute atomic E-state index is 0.0347. The molecule has 2 N–H and O–H groups in total. The van der Waals surface area contributed by atoms with Gasteiger partial charge in [-0.2, -0.15) is 0 Å². The third-order valence-corrected chi connectivity index (χ3v) is 1.91. The lowest BCUT2D eigenvalue weighted by molar-refractivity contribution is 0.0690. The van der Waals surface area contributed by atoms with Gasteiger partial charge in [-0.3, -0.25) is 0 Å². The first-order valence-electron chi connectivity index (χ1n) is 4.31. The Hall–Kier alpha value is -1.49. The molecule has 3 nitrogen and oxygen atoms in total. The van der Waals surface area contributed by atoms with Crippen LogP contribution in [0.2, 0.25) is 0 Å². The molecule has 0 spiro atoms. The minimum Gasteiger partial charge on any atom is -0.478 e. The van der Waals surface area contributed by atoms with Crippen LogP contribution in [0.3, 0.4) is 0 Å². The Morgan fingerprint density at radius 2 is 2.00 bits per heavy atom. The van der Waals surface area contributed by atoms with Gasteiger partial charge in [0.15, 0.2) is 11.6 Å². The Balaban J connectivity index is 3.15. The van der Waals surface area contributed by atoms with E-state index in [0.717, 1.165) is 12.1 Å². The molecule has 0 amide bonds. The Morgan fingerprint density at radius 3 is 2.47 bits per heavy atom. The van der Waals surface area contributed by atoms with Crippen molar-refractivity contribution in [3.05, 3.63) is 34.9 Å². The maximum atomic E-state index is 13.2. The lowest BCUT2D eigenvalue weighted by Gasteiger charge is -2.07. The van der Waals surface area contributed by atoms with Crippen molar-refractivity contribution in [3.8, 4) is 0 Å². The Morgan fingerprint density at radius 1 is 1.40 bits per heavy atom. The van der Waals surface area contributed by atoms with E-state index in [9.17, 15) is 13.6 Å². The predicted octanol–water partition coefficient (Wildman–Crippen LogP) is 1.59. The number of hydrogen-bond acceptors (Lipinski definition) is 2. The number of benzene rings is 1. The summed E-state index contributed by atoms with van der Waals surface area (Å²) in [6, 6.07) is 2.15. The lowest BCUT2D eigenvalue weighted by Crippen LogP contribution is -2.10. The first-order chi connectivity index (χ1) is 6.93. The third kappa shape index (κ3) is 2.50. The van der Waals surface area contributed by atoms with E-state index in [4.69, 9.17) is 10.2 Å². The molecule has 1 aromatic carbocycles. The summed E-state index contributed by atoms with van der Waals surface area (Å²) in [6.07, 6.45) is -0.864. The van der Waals surface area contributed by atoms with Crippen molar-refractivity contribution in [3.63, 3.8) is 0 Å². The fourth-order valence-electron chi connectivity index (χ4n) is 1.23. The number of carboxylic acids is 1. The van der Waals surface area contributed by atoms with Crippen molar-refractivity contribution < 1.29 is 23.8 Å². The quantitative estimate of drug-likeness (QED) is 0.806. The molecule has 0 aliphatic carbocycles. The standard InChI is InChI=1S/C10H10F2O3/c1-5(13)4-6-2-3-7(10(14)15)9(12)8(6)11/h2-3,5,13H,4H2,1H3,(H,14,15). The lowest BCUT2D eigenvalue weighted by atomic mass is 10.0. The van der Waals surface area contributed by atoms with Gasteiger partial charge < -0.3 is 10.2 Å². The molecule has 0 bridgehead atoms. The molecule has 0 aromatic heterocycles. The van der Waals surface area contributed by atoms with Crippen molar-refractivity contribution >= 4 is 5.97 Å². The van der Waals surface area contributed by atoms with Crippen LogP contribution in [-0.4, -0.2) is 22.3 Å². The number of halogens is 2. The predicted molar refractivity (Wildman–Crippen MR) is 48.7 cm³/mol. The van der Waals surface area contributed by atoms with Crippen LogP contribution >= 0.6 is 0 Å². The van der Waals surface area contributed by atoms with Crippen LogP contribution in [0.1, 0.15) is 22.8 Å². The van der Waals surface area contributed by atoms with Crippen LogP contribution < -0.4 is 0 Å². The van der Waals surface area contributed by atoms with Gasteiger partial charge in [0.1, 0.15) is 0 Å². The Labute approximate surface area is 85.0 Å². The van der Waals surface area contributed by atoms with Gasteiger partial charge in [0, 0.05) is 6.42 Å². The van der Waals surface area contributed by atoms with Crippen LogP contribution in [-0.2, 0) is 6.42 Å². The summed E-state index contributed by atoms with van der Waals surface area (Å²) in [5.74, 6) is -4.12. The van der Waals surface area contributed by atoms with E-state index < -0.39 is 29.3 Å². The highest BCUT2D eigenvalue weighted by Gasteiger charge is 2.18. The molecule has 0 radical (unpaired) electrons. The summed E-state index contributed by atoms with van der Waals surface area (Å²) < 4.78 is 26.4. The molecule has 0 fully saturated rings. The van der Waals surface area contributed by atoms with E-state index in [1.54, 1.807) is 0 Å². The molecule has 1 rings (SSSR count). The molecular formula is C10H10F2O3. The number of carboxylic acid groups (broad SMARTS) is 1. The maximum Gasteiger partial charge on any atom is 0.338 e. The van der Waals surface area contributed by atoms with Crippen LogP contribution in [0, 0.1) is 11.6 Å². The number of aromatic carboxylic acids is 1. The zero-order valence-corrected chi connectivity index (χ0v) is 8.00. The molecular weight excluding hydrogens is 206 g/mol. The van der Waals surface area contributed by atoms with E-state index in [1.807, 2.05) is 0 Å². The summed E-state index contributed by atoms with van der Waals surface area (Å²) in [4.78, 5) is 10.5. The minimum atomic E-state index is -1.52. The zero-order valence-electron chi connectivity index (χ0n) is 8.00. The van der Waals surface area contributed by atoms with Gasteiger partial charge in [-0.15, -0.1) is 0 Å². The number of aliphatic hydroxyl groups is 1. The summed E-state index contributed by atoms with van der Waals surface area (Å²) >= 11 is 0. The second-order valence-electron chi connectivity index (χ2n) is 3.26. The normalized spacial score (nSPS) is 12.5. The van der Waals surface area contributed by atoms with Crippen LogP contribution in [0.5, 0.6) is 0 Å². The first-order valence-corrected chi connectivity index (χ1v) is 4.31. The fraction of sp³-hybridized carbons (Fsp3) is 0.300. The molecule has 1 aromatic rings. The highest BCUT2D eigenvalue weighted by molar-refractivity contribution is 5.88.